The van der Waals surface area contributed by atoms with Gasteiger partial charge in [-0.3, -0.25) is 9.88 Å². The number of hydrogen-bond donors (Lipinski definition) is 1. The Morgan fingerprint density at radius 1 is 1.13 bits per heavy atom. The second-order valence-electron chi connectivity index (χ2n) is 4.99. The van der Waals surface area contributed by atoms with Gasteiger partial charge in [0.25, 0.3) is 0 Å². The van der Waals surface area contributed by atoms with Gasteiger partial charge in [-0.05, 0) is 23.3 Å². The van der Waals surface area contributed by atoms with Crippen molar-refractivity contribution in [1.82, 2.24) is 9.88 Å². The van der Waals surface area contributed by atoms with Gasteiger partial charge in [-0.15, -0.1) is 0 Å². The van der Waals surface area contributed by atoms with Gasteiger partial charge in [-0.25, -0.2) is 9.59 Å². The molecule has 0 aliphatic carbocycles. The second kappa shape index (κ2) is 7.93. The number of rotatable bonds is 6. The zero-order valence-corrected chi connectivity index (χ0v) is 12.8. The van der Waals surface area contributed by atoms with Crippen LogP contribution in [0.4, 0.5) is 4.79 Å². The number of hydrogen-bond acceptors (Lipinski definition) is 4. The van der Waals surface area contributed by atoms with Crippen molar-refractivity contribution in [2.75, 3.05) is 7.11 Å². The molecule has 1 heterocycles. The summed E-state index contributed by atoms with van der Waals surface area (Å²) in [6, 6.07) is 11.8. The van der Waals surface area contributed by atoms with Crippen LogP contribution in [0.15, 0.2) is 54.9 Å². The minimum atomic E-state index is -1.17. The normalized spacial score (nSPS) is 11.5. The highest BCUT2D eigenvalue weighted by atomic mass is 16.5. The fourth-order valence-electron chi connectivity index (χ4n) is 2.29. The molecule has 1 atom stereocenters. The molecule has 0 bridgehead atoms. The third kappa shape index (κ3) is 4.54. The molecule has 0 saturated heterocycles. The molecule has 6 heteroatoms. The summed E-state index contributed by atoms with van der Waals surface area (Å²) in [6.07, 6.45) is 2.25. The number of nitrogens with zero attached hydrogens (tertiary/aromatic N) is 2. The van der Waals surface area contributed by atoms with Crippen molar-refractivity contribution in [3.63, 3.8) is 0 Å². The van der Waals surface area contributed by atoms with Crippen molar-refractivity contribution in [2.24, 2.45) is 0 Å². The maximum Gasteiger partial charge on any atom is 0.408 e. The van der Waals surface area contributed by atoms with E-state index in [9.17, 15) is 14.7 Å². The Bertz CT molecular complexity index is 646. The average molecular weight is 314 g/mol. The summed E-state index contributed by atoms with van der Waals surface area (Å²) >= 11 is 0. The molecule has 1 aromatic heterocycles. The molecule has 1 N–H and O–H groups in total. The molecular weight excluding hydrogens is 296 g/mol. The van der Waals surface area contributed by atoms with E-state index < -0.39 is 18.1 Å². The number of benzene rings is 1. The predicted molar refractivity (Wildman–Crippen MR) is 83.8 cm³/mol. The highest BCUT2D eigenvalue weighted by molar-refractivity contribution is 5.81. The lowest BCUT2D eigenvalue weighted by Crippen LogP contribution is -2.45. The number of carbonyl (C=O) groups is 2. The molecule has 1 amide bonds. The highest BCUT2D eigenvalue weighted by Gasteiger charge is 2.30. The molecule has 0 saturated carbocycles. The van der Waals surface area contributed by atoms with Crippen LogP contribution in [0.3, 0.4) is 0 Å². The Balaban J connectivity index is 2.26. The van der Waals surface area contributed by atoms with Crippen LogP contribution in [0.5, 0.6) is 0 Å². The van der Waals surface area contributed by atoms with Gasteiger partial charge >= 0.3 is 12.1 Å². The van der Waals surface area contributed by atoms with Crippen LogP contribution in [0.2, 0.25) is 0 Å². The minimum absolute atomic E-state index is 0.0878. The summed E-state index contributed by atoms with van der Waals surface area (Å²) in [5.41, 5.74) is 1.62. The molecule has 23 heavy (non-hydrogen) atoms. The Morgan fingerprint density at radius 2 is 1.78 bits per heavy atom. The van der Waals surface area contributed by atoms with Gasteiger partial charge in [0.1, 0.15) is 6.04 Å². The first-order chi connectivity index (χ1) is 11.1. The fraction of sp³-hybridized carbons (Fsp3) is 0.235. The first kappa shape index (κ1) is 16.5. The first-order valence-corrected chi connectivity index (χ1v) is 7.12. The number of carbonyl (C=O) groups excluding carboxylic acids is 1. The largest absolute Gasteiger partial charge is 0.467 e. The summed E-state index contributed by atoms with van der Waals surface area (Å²) in [5.74, 6) is -0.578. The molecule has 2 aromatic rings. The number of ether oxygens (including phenoxy) is 1. The van der Waals surface area contributed by atoms with E-state index in [4.69, 9.17) is 4.74 Å². The fourth-order valence-corrected chi connectivity index (χ4v) is 2.29. The van der Waals surface area contributed by atoms with E-state index >= 15 is 0 Å². The maximum absolute atomic E-state index is 12.1. The number of carboxylic acid groups (broad SMARTS) is 1. The van der Waals surface area contributed by atoms with Gasteiger partial charge < -0.3 is 9.84 Å². The summed E-state index contributed by atoms with van der Waals surface area (Å²) in [6.45, 7) is 0.0878. The van der Waals surface area contributed by atoms with Crippen molar-refractivity contribution in [2.45, 2.75) is 19.0 Å². The zero-order valence-electron chi connectivity index (χ0n) is 12.8. The lowest BCUT2D eigenvalue weighted by Gasteiger charge is -2.27. The van der Waals surface area contributed by atoms with Crippen molar-refractivity contribution < 1.29 is 19.4 Å². The summed E-state index contributed by atoms with van der Waals surface area (Å²) in [4.78, 5) is 28.8. The van der Waals surface area contributed by atoms with Crippen molar-refractivity contribution in [3.05, 3.63) is 66.0 Å². The standard InChI is InChI=1S/C17H18N2O4/c1-23-16(20)15(11-13-5-3-2-4-6-13)19(17(21)22)12-14-7-9-18-10-8-14/h2-10,15H,11-12H2,1H3,(H,21,22)/t15-/m0/s1. The molecule has 2 rings (SSSR count). The number of methoxy groups -OCH3 is 1. The third-order valence-corrected chi connectivity index (χ3v) is 3.47. The SMILES string of the molecule is COC(=O)[C@H](Cc1ccccc1)N(Cc1ccncc1)C(=O)O. The maximum atomic E-state index is 12.1. The molecule has 0 radical (unpaired) electrons. The first-order valence-electron chi connectivity index (χ1n) is 7.12. The molecule has 0 fully saturated rings. The van der Waals surface area contributed by atoms with E-state index in [1.54, 1.807) is 24.5 Å². The molecule has 0 spiro atoms. The quantitative estimate of drug-likeness (QED) is 0.828. The number of esters is 1. The van der Waals surface area contributed by atoms with Crippen LogP contribution in [-0.4, -0.2) is 40.2 Å². The van der Waals surface area contributed by atoms with Crippen molar-refractivity contribution in [3.8, 4) is 0 Å². The number of pyridine rings is 1. The second-order valence-corrected chi connectivity index (χ2v) is 4.99. The van der Waals surface area contributed by atoms with E-state index in [1.165, 1.54) is 7.11 Å². The van der Waals surface area contributed by atoms with E-state index in [1.807, 2.05) is 30.3 Å². The summed E-state index contributed by atoms with van der Waals surface area (Å²) in [5, 5.41) is 9.53. The van der Waals surface area contributed by atoms with E-state index in [0.717, 1.165) is 16.0 Å². The minimum Gasteiger partial charge on any atom is -0.467 e. The van der Waals surface area contributed by atoms with Gasteiger partial charge in [0.05, 0.1) is 13.7 Å². The molecule has 0 aliphatic heterocycles. The highest BCUT2D eigenvalue weighted by Crippen LogP contribution is 2.15. The Labute approximate surface area is 134 Å². The smallest absolute Gasteiger partial charge is 0.408 e. The Morgan fingerprint density at radius 3 is 2.35 bits per heavy atom. The van der Waals surface area contributed by atoms with Gasteiger partial charge in [0.15, 0.2) is 0 Å². The molecule has 1 aromatic carbocycles. The molecule has 6 nitrogen and oxygen atoms in total. The number of amides is 1. The topological polar surface area (TPSA) is 79.7 Å². The lowest BCUT2D eigenvalue weighted by atomic mass is 10.0. The van der Waals surface area contributed by atoms with Crippen LogP contribution < -0.4 is 0 Å². The molecule has 120 valence electrons. The van der Waals surface area contributed by atoms with Crippen molar-refractivity contribution >= 4 is 12.1 Å². The van der Waals surface area contributed by atoms with E-state index in [2.05, 4.69) is 4.98 Å². The Kier molecular flexibility index (Phi) is 5.68. The average Bonchev–Trinajstić information content (AvgIpc) is 2.59. The van der Waals surface area contributed by atoms with Gasteiger partial charge in [-0.1, -0.05) is 30.3 Å². The summed E-state index contributed by atoms with van der Waals surface area (Å²) in [7, 11) is 1.26. The lowest BCUT2D eigenvalue weighted by molar-refractivity contribution is -0.146. The van der Waals surface area contributed by atoms with Gasteiger partial charge in [0, 0.05) is 18.8 Å². The zero-order chi connectivity index (χ0) is 16.7. The Hall–Kier alpha value is -2.89. The molecule has 0 unspecified atom stereocenters. The molecule has 0 aliphatic rings. The van der Waals surface area contributed by atoms with Crippen molar-refractivity contribution in [1.29, 1.82) is 0 Å². The van der Waals surface area contributed by atoms with E-state index in [-0.39, 0.29) is 13.0 Å². The summed E-state index contributed by atoms with van der Waals surface area (Å²) < 4.78 is 4.80. The van der Waals surface area contributed by atoms with Crippen LogP contribution in [-0.2, 0) is 22.5 Å². The number of aromatic nitrogens is 1. The molecular formula is C17H18N2O4. The predicted octanol–water partition coefficient (Wildman–Crippen LogP) is 2.35. The van der Waals surface area contributed by atoms with Crippen LogP contribution >= 0.6 is 0 Å². The van der Waals surface area contributed by atoms with Crippen LogP contribution in [0.1, 0.15) is 11.1 Å². The van der Waals surface area contributed by atoms with Crippen LogP contribution in [0.25, 0.3) is 0 Å². The monoisotopic (exact) mass is 314 g/mol. The third-order valence-electron chi connectivity index (χ3n) is 3.47. The van der Waals surface area contributed by atoms with Crippen LogP contribution in [0, 0.1) is 0 Å². The van der Waals surface area contributed by atoms with Gasteiger partial charge in [-0.2, -0.15) is 0 Å². The van der Waals surface area contributed by atoms with E-state index in [0.29, 0.717) is 0 Å². The van der Waals surface area contributed by atoms with Gasteiger partial charge in [0.2, 0.25) is 0 Å².